The second-order valence-corrected chi connectivity index (χ2v) is 8.58. The van der Waals surface area contributed by atoms with Crippen LogP contribution in [0.3, 0.4) is 0 Å². The van der Waals surface area contributed by atoms with Crippen LogP contribution in [0.1, 0.15) is 63.0 Å². The van der Waals surface area contributed by atoms with Gasteiger partial charge in [0.25, 0.3) is 5.56 Å². The first kappa shape index (κ1) is 17.8. The average molecular weight is 369 g/mol. The Morgan fingerprint density at radius 3 is 2.69 bits per heavy atom. The van der Waals surface area contributed by atoms with E-state index in [0.29, 0.717) is 0 Å². The van der Waals surface area contributed by atoms with Crippen molar-refractivity contribution in [3.63, 3.8) is 0 Å². The number of nitrogens with zero attached hydrogens (tertiary/aromatic N) is 2. The van der Waals surface area contributed by atoms with E-state index in [1.807, 2.05) is 10.8 Å². The fourth-order valence-corrected chi connectivity index (χ4v) is 5.47. The molecule has 0 unspecified atom stereocenters. The fourth-order valence-electron chi connectivity index (χ4n) is 4.89. The highest BCUT2D eigenvalue weighted by Gasteiger charge is 2.43. The number of aromatic nitrogens is 2. The van der Waals surface area contributed by atoms with Gasteiger partial charge in [-0.1, -0.05) is 68.6 Å². The van der Waals surface area contributed by atoms with Crippen molar-refractivity contribution < 1.29 is 0 Å². The van der Waals surface area contributed by atoms with E-state index >= 15 is 0 Å². The Bertz CT molecular complexity index is 865. The summed E-state index contributed by atoms with van der Waals surface area (Å²) < 4.78 is 1.96. The molecule has 0 aliphatic heterocycles. The summed E-state index contributed by atoms with van der Waals surface area (Å²) >= 11 is 1.59. The van der Waals surface area contributed by atoms with E-state index in [1.165, 1.54) is 30.4 Å². The molecule has 3 nitrogen and oxygen atoms in total. The van der Waals surface area contributed by atoms with Gasteiger partial charge < -0.3 is 0 Å². The maximum absolute atomic E-state index is 13.7. The number of thioether (sulfide) groups is 1. The molecule has 1 aromatic carbocycles. The quantitative estimate of drug-likeness (QED) is 0.550. The van der Waals surface area contributed by atoms with Gasteiger partial charge in [0.05, 0.1) is 11.3 Å². The van der Waals surface area contributed by atoms with E-state index in [1.54, 1.807) is 11.8 Å². The minimum absolute atomic E-state index is 0.00305. The van der Waals surface area contributed by atoms with Gasteiger partial charge in [0.15, 0.2) is 5.16 Å². The Hall–Kier alpha value is -1.55. The van der Waals surface area contributed by atoms with Crippen molar-refractivity contribution in [3.8, 4) is 11.3 Å². The molecule has 2 aromatic rings. The van der Waals surface area contributed by atoms with Crippen LogP contribution in [0, 0.1) is 0 Å². The van der Waals surface area contributed by atoms with Crippen molar-refractivity contribution in [1.29, 1.82) is 0 Å². The molecule has 4 heteroatoms. The first-order valence-electron chi connectivity index (χ1n) is 9.98. The van der Waals surface area contributed by atoms with Crippen LogP contribution in [0.15, 0.2) is 34.2 Å². The third-order valence-corrected chi connectivity index (χ3v) is 6.87. The largest absolute Gasteiger partial charge is 0.287 e. The predicted octanol–water partition coefficient (Wildman–Crippen LogP) is 5.19. The van der Waals surface area contributed by atoms with Gasteiger partial charge in [0.2, 0.25) is 0 Å². The second kappa shape index (κ2) is 7.22. The molecule has 1 aromatic heterocycles. The molecule has 1 saturated carbocycles. The van der Waals surface area contributed by atoms with Crippen LogP contribution in [0.4, 0.5) is 0 Å². The molecule has 0 bridgehead atoms. The van der Waals surface area contributed by atoms with Crippen molar-refractivity contribution in [2.75, 3.05) is 6.26 Å². The normalized spacial score (nSPS) is 17.8. The molecule has 2 aliphatic carbocycles. The van der Waals surface area contributed by atoms with E-state index in [9.17, 15) is 4.79 Å². The number of benzene rings is 1. The van der Waals surface area contributed by atoms with Crippen LogP contribution >= 0.6 is 11.8 Å². The summed E-state index contributed by atoms with van der Waals surface area (Å²) in [5.41, 5.74) is 4.75. The minimum Gasteiger partial charge on any atom is -0.287 e. The van der Waals surface area contributed by atoms with Crippen LogP contribution in [-0.2, 0) is 18.4 Å². The minimum atomic E-state index is -0.00305. The van der Waals surface area contributed by atoms with Crippen molar-refractivity contribution in [1.82, 2.24) is 9.55 Å². The Morgan fingerprint density at radius 1 is 1.19 bits per heavy atom. The number of hydrogen-bond acceptors (Lipinski definition) is 3. The van der Waals surface area contributed by atoms with Crippen molar-refractivity contribution in [3.05, 3.63) is 45.7 Å². The van der Waals surface area contributed by atoms with Gasteiger partial charge in [-0.25, -0.2) is 4.98 Å². The lowest BCUT2D eigenvalue weighted by atomic mass is 9.62. The number of unbranched alkanes of at least 4 members (excludes halogenated alkanes) is 1. The standard InChI is InChI=1S/C22H28N2OS/c1-3-4-14-24-20(25)18-19(23-21(24)26-2)17-11-7-6-10-16(17)15-22(18)12-8-5-9-13-22/h6-7,10-11H,3-5,8-9,12-15H2,1-2H3. The Balaban J connectivity index is 1.99. The fraction of sp³-hybridized carbons (Fsp3) is 0.545. The van der Waals surface area contributed by atoms with Gasteiger partial charge in [0.1, 0.15) is 0 Å². The molecule has 0 amide bonds. The zero-order chi connectivity index (χ0) is 18.1. The maximum atomic E-state index is 13.7. The monoisotopic (exact) mass is 368 g/mol. The zero-order valence-corrected chi connectivity index (χ0v) is 16.7. The third kappa shape index (κ3) is 2.83. The topological polar surface area (TPSA) is 34.9 Å². The Labute approximate surface area is 160 Å². The smallest absolute Gasteiger partial charge is 0.258 e. The number of hydrogen-bond donors (Lipinski definition) is 0. The molecule has 4 rings (SSSR count). The van der Waals surface area contributed by atoms with E-state index in [4.69, 9.17) is 4.98 Å². The van der Waals surface area contributed by atoms with Crippen LogP contribution in [0.5, 0.6) is 0 Å². The van der Waals surface area contributed by atoms with Gasteiger partial charge in [-0.2, -0.15) is 0 Å². The average Bonchev–Trinajstić information content (AvgIpc) is 2.67. The molecule has 0 atom stereocenters. The molecular weight excluding hydrogens is 340 g/mol. The first-order chi connectivity index (χ1) is 12.7. The Kier molecular flexibility index (Phi) is 4.96. The molecule has 1 fully saturated rings. The van der Waals surface area contributed by atoms with Crippen molar-refractivity contribution >= 4 is 11.8 Å². The first-order valence-corrected chi connectivity index (χ1v) is 11.2. The highest BCUT2D eigenvalue weighted by atomic mass is 32.2. The lowest BCUT2D eigenvalue weighted by molar-refractivity contribution is 0.281. The highest BCUT2D eigenvalue weighted by molar-refractivity contribution is 7.98. The molecule has 0 N–H and O–H groups in total. The highest BCUT2D eigenvalue weighted by Crippen LogP contribution is 2.48. The summed E-state index contributed by atoms with van der Waals surface area (Å²) in [6.45, 7) is 2.96. The van der Waals surface area contributed by atoms with Crippen molar-refractivity contribution in [2.24, 2.45) is 0 Å². The summed E-state index contributed by atoms with van der Waals surface area (Å²) in [4.78, 5) is 18.8. The van der Waals surface area contributed by atoms with E-state index < -0.39 is 0 Å². The summed E-state index contributed by atoms with van der Waals surface area (Å²) in [5.74, 6) is 0. The van der Waals surface area contributed by atoms with Crippen LogP contribution in [0.2, 0.25) is 0 Å². The van der Waals surface area contributed by atoms with Gasteiger partial charge in [-0.15, -0.1) is 0 Å². The molecule has 1 spiro atoms. The Morgan fingerprint density at radius 2 is 1.96 bits per heavy atom. The molecule has 2 aliphatic rings. The maximum Gasteiger partial charge on any atom is 0.258 e. The van der Waals surface area contributed by atoms with Gasteiger partial charge in [-0.3, -0.25) is 9.36 Å². The third-order valence-electron chi connectivity index (χ3n) is 6.19. The van der Waals surface area contributed by atoms with E-state index in [0.717, 1.165) is 55.1 Å². The molecular formula is C22H28N2OS. The van der Waals surface area contributed by atoms with Crippen LogP contribution in [-0.4, -0.2) is 15.8 Å². The lowest BCUT2D eigenvalue weighted by Crippen LogP contribution is -2.43. The molecule has 1 heterocycles. The molecule has 138 valence electrons. The van der Waals surface area contributed by atoms with Crippen LogP contribution < -0.4 is 5.56 Å². The summed E-state index contributed by atoms with van der Waals surface area (Å²) in [5, 5.41) is 0.866. The molecule has 0 radical (unpaired) electrons. The van der Waals surface area contributed by atoms with Gasteiger partial charge in [0, 0.05) is 17.5 Å². The zero-order valence-electron chi connectivity index (χ0n) is 15.9. The van der Waals surface area contributed by atoms with E-state index in [-0.39, 0.29) is 11.0 Å². The molecule has 26 heavy (non-hydrogen) atoms. The van der Waals surface area contributed by atoms with E-state index in [2.05, 4.69) is 31.2 Å². The lowest BCUT2D eigenvalue weighted by Gasteiger charge is -2.42. The second-order valence-electron chi connectivity index (χ2n) is 7.81. The molecule has 0 saturated heterocycles. The summed E-state index contributed by atoms with van der Waals surface area (Å²) in [6.07, 6.45) is 11.1. The SMILES string of the molecule is CCCCn1c(SC)nc2c(c1=O)C1(CCCCC1)Cc1ccccc1-2. The van der Waals surface area contributed by atoms with Gasteiger partial charge in [-0.05, 0) is 37.5 Å². The number of fused-ring (bicyclic) bond motifs is 4. The summed E-state index contributed by atoms with van der Waals surface area (Å²) in [7, 11) is 0. The van der Waals surface area contributed by atoms with Gasteiger partial charge >= 0.3 is 0 Å². The van der Waals surface area contributed by atoms with Crippen LogP contribution in [0.25, 0.3) is 11.3 Å². The van der Waals surface area contributed by atoms with Crippen molar-refractivity contribution in [2.45, 2.75) is 75.4 Å². The predicted molar refractivity (Wildman–Crippen MR) is 109 cm³/mol. The number of rotatable bonds is 4. The summed E-state index contributed by atoms with van der Waals surface area (Å²) in [6, 6.07) is 8.58.